The van der Waals surface area contributed by atoms with E-state index in [9.17, 15) is 4.79 Å². The molecule has 0 saturated heterocycles. The van der Waals surface area contributed by atoms with Crippen molar-refractivity contribution in [2.45, 2.75) is 0 Å². The Morgan fingerprint density at radius 2 is 2.33 bits per heavy atom. The molecule has 0 heterocycles. The lowest BCUT2D eigenvalue weighted by Crippen LogP contribution is -2.12. The normalized spacial score (nSPS) is 14.7. The van der Waals surface area contributed by atoms with Crippen molar-refractivity contribution < 1.29 is 4.79 Å². The van der Waals surface area contributed by atoms with E-state index in [-0.39, 0.29) is 5.92 Å². The second-order valence-electron chi connectivity index (χ2n) is 2.18. The monoisotopic (exact) mass is 185 g/mol. The van der Waals surface area contributed by atoms with Crippen LogP contribution < -0.4 is 5.73 Å². The van der Waals surface area contributed by atoms with E-state index in [0.717, 1.165) is 6.29 Å². The molecule has 0 spiro atoms. The smallest absolute Gasteiger partial charge is 0.128 e. The first-order valence-electron chi connectivity index (χ1n) is 3.56. The first-order chi connectivity index (χ1) is 5.74. The second-order valence-corrected chi connectivity index (χ2v) is 2.61. The molecule has 0 bridgehead atoms. The fraction of sp³-hybridized carbons (Fsp3) is 0.222. The minimum absolute atomic E-state index is 0.226. The highest BCUT2D eigenvalue weighted by atomic mass is 35.5. The third-order valence-electron chi connectivity index (χ3n) is 1.26. The number of hydrogen-bond acceptors (Lipinski definition) is 2. The lowest BCUT2D eigenvalue weighted by molar-refractivity contribution is -0.109. The summed E-state index contributed by atoms with van der Waals surface area (Å²) in [6.07, 6.45) is 7.35. The van der Waals surface area contributed by atoms with Crippen molar-refractivity contribution in [3.63, 3.8) is 0 Å². The van der Waals surface area contributed by atoms with E-state index < -0.39 is 0 Å². The maximum atomic E-state index is 10.3. The van der Waals surface area contributed by atoms with Gasteiger partial charge in [-0.25, -0.2) is 0 Å². The number of rotatable bonds is 5. The Hall–Kier alpha value is -0.860. The molecule has 0 aromatic rings. The van der Waals surface area contributed by atoms with Crippen molar-refractivity contribution >= 4 is 17.9 Å². The molecule has 0 aromatic carbocycles. The summed E-state index contributed by atoms with van der Waals surface area (Å²) in [5.41, 5.74) is 5.28. The molecular formula is C9H12ClNO. The minimum Gasteiger partial charge on any atom is -0.329 e. The van der Waals surface area contributed by atoms with Crippen LogP contribution in [0.25, 0.3) is 0 Å². The van der Waals surface area contributed by atoms with Gasteiger partial charge in [0.2, 0.25) is 0 Å². The van der Waals surface area contributed by atoms with Crippen molar-refractivity contribution in [1.29, 1.82) is 0 Å². The van der Waals surface area contributed by atoms with Crippen LogP contribution in [0.2, 0.25) is 0 Å². The van der Waals surface area contributed by atoms with Gasteiger partial charge in [-0.3, -0.25) is 0 Å². The largest absolute Gasteiger partial charge is 0.329 e. The van der Waals surface area contributed by atoms with Crippen molar-refractivity contribution in [2.75, 3.05) is 6.54 Å². The zero-order chi connectivity index (χ0) is 9.40. The van der Waals surface area contributed by atoms with Gasteiger partial charge < -0.3 is 10.5 Å². The van der Waals surface area contributed by atoms with E-state index in [0.29, 0.717) is 11.6 Å². The highest BCUT2D eigenvalue weighted by Gasteiger charge is 1.95. The van der Waals surface area contributed by atoms with Gasteiger partial charge in [0.1, 0.15) is 6.29 Å². The Bertz CT molecular complexity index is 209. The lowest BCUT2D eigenvalue weighted by Gasteiger charge is -1.95. The zero-order valence-electron chi connectivity index (χ0n) is 6.74. The number of carbonyl (C=O) groups is 1. The van der Waals surface area contributed by atoms with E-state index in [1.807, 2.05) is 0 Å². The summed E-state index contributed by atoms with van der Waals surface area (Å²) in [6.45, 7) is 3.79. The van der Waals surface area contributed by atoms with Gasteiger partial charge in [-0.05, 0) is 6.08 Å². The molecule has 0 aliphatic heterocycles. The molecule has 0 aromatic heterocycles. The van der Waals surface area contributed by atoms with Crippen LogP contribution in [0.4, 0.5) is 0 Å². The number of hydrogen-bond donors (Lipinski definition) is 1. The molecule has 0 fully saturated rings. The average molecular weight is 186 g/mol. The number of aldehydes is 1. The van der Waals surface area contributed by atoms with Crippen molar-refractivity contribution in [2.24, 2.45) is 11.7 Å². The molecule has 2 nitrogen and oxygen atoms in total. The highest BCUT2D eigenvalue weighted by molar-refractivity contribution is 6.31. The van der Waals surface area contributed by atoms with E-state index in [1.165, 1.54) is 6.08 Å². The maximum Gasteiger partial charge on any atom is 0.128 e. The molecule has 3 heteroatoms. The van der Waals surface area contributed by atoms with Crippen molar-refractivity contribution in [3.8, 4) is 0 Å². The first kappa shape index (κ1) is 11.1. The Kier molecular flexibility index (Phi) is 6.34. The maximum absolute atomic E-state index is 10.3. The van der Waals surface area contributed by atoms with Crippen LogP contribution in [-0.2, 0) is 4.79 Å². The quantitative estimate of drug-likeness (QED) is 0.523. The lowest BCUT2D eigenvalue weighted by atomic mass is 10.1. The molecule has 2 N–H and O–H groups in total. The summed E-state index contributed by atoms with van der Waals surface area (Å²) in [6, 6.07) is 0. The van der Waals surface area contributed by atoms with E-state index in [4.69, 9.17) is 17.3 Å². The minimum atomic E-state index is -0.226. The van der Waals surface area contributed by atoms with Gasteiger partial charge in [0.05, 0.1) is 0 Å². The van der Waals surface area contributed by atoms with Crippen LogP contribution in [0, 0.1) is 5.92 Å². The van der Waals surface area contributed by atoms with Gasteiger partial charge in [-0.15, -0.1) is 0 Å². The Morgan fingerprint density at radius 3 is 2.75 bits per heavy atom. The van der Waals surface area contributed by atoms with Gasteiger partial charge >= 0.3 is 0 Å². The van der Waals surface area contributed by atoms with Crippen molar-refractivity contribution in [1.82, 2.24) is 0 Å². The van der Waals surface area contributed by atoms with Gasteiger partial charge in [0.25, 0.3) is 0 Å². The molecule has 0 aliphatic rings. The summed E-state index contributed by atoms with van der Waals surface area (Å²) >= 11 is 5.61. The zero-order valence-corrected chi connectivity index (χ0v) is 7.50. The van der Waals surface area contributed by atoms with Gasteiger partial charge in [0.15, 0.2) is 0 Å². The molecule has 12 heavy (non-hydrogen) atoms. The summed E-state index contributed by atoms with van der Waals surface area (Å²) < 4.78 is 0. The molecule has 1 unspecified atom stereocenters. The third kappa shape index (κ3) is 4.88. The van der Waals surface area contributed by atoms with Gasteiger partial charge in [-0.2, -0.15) is 0 Å². The third-order valence-corrected chi connectivity index (χ3v) is 1.54. The molecular weight excluding hydrogens is 174 g/mol. The number of nitrogens with two attached hydrogens (primary N) is 1. The summed E-state index contributed by atoms with van der Waals surface area (Å²) in [7, 11) is 0. The van der Waals surface area contributed by atoms with E-state index in [2.05, 4.69) is 6.58 Å². The second kappa shape index (κ2) is 6.83. The molecule has 0 aliphatic carbocycles. The number of allylic oxidation sites excluding steroid dienone is 4. The summed E-state index contributed by atoms with van der Waals surface area (Å²) in [4.78, 5) is 10.3. The summed E-state index contributed by atoms with van der Waals surface area (Å²) in [5.74, 6) is -0.226. The molecule has 0 rings (SSSR count). The summed E-state index contributed by atoms with van der Waals surface area (Å²) in [5, 5.41) is 0.535. The van der Waals surface area contributed by atoms with Crippen LogP contribution in [0.15, 0.2) is 35.9 Å². The Morgan fingerprint density at radius 1 is 1.67 bits per heavy atom. The van der Waals surface area contributed by atoms with Crippen LogP contribution in [0.3, 0.4) is 0 Å². The number of halogens is 1. The number of carbonyl (C=O) groups excluding carboxylic acids is 1. The SMILES string of the molecule is C=CC(Cl)=CC=CC(C=O)CN. The molecule has 0 amide bonds. The van der Waals surface area contributed by atoms with Crippen LogP contribution in [0.1, 0.15) is 0 Å². The predicted octanol–water partition coefficient (Wildman–Crippen LogP) is 1.63. The Balaban J connectivity index is 4.04. The fourth-order valence-corrected chi connectivity index (χ4v) is 0.610. The molecule has 1 atom stereocenters. The topological polar surface area (TPSA) is 43.1 Å². The van der Waals surface area contributed by atoms with E-state index in [1.54, 1.807) is 18.2 Å². The molecule has 0 saturated carbocycles. The fourth-order valence-electron chi connectivity index (χ4n) is 0.538. The van der Waals surface area contributed by atoms with Crippen LogP contribution in [0.5, 0.6) is 0 Å². The van der Waals surface area contributed by atoms with Gasteiger partial charge in [0, 0.05) is 17.5 Å². The first-order valence-corrected chi connectivity index (χ1v) is 3.94. The molecule has 0 radical (unpaired) electrons. The highest BCUT2D eigenvalue weighted by Crippen LogP contribution is 2.02. The molecule has 66 valence electrons. The van der Waals surface area contributed by atoms with Crippen molar-refractivity contribution in [3.05, 3.63) is 35.9 Å². The van der Waals surface area contributed by atoms with Crippen LogP contribution >= 0.6 is 11.6 Å². The average Bonchev–Trinajstić information content (AvgIpc) is 2.12. The predicted molar refractivity (Wildman–Crippen MR) is 51.9 cm³/mol. The van der Waals surface area contributed by atoms with E-state index >= 15 is 0 Å². The Labute approximate surface area is 77.4 Å². The van der Waals surface area contributed by atoms with Gasteiger partial charge in [-0.1, -0.05) is 36.4 Å². The van der Waals surface area contributed by atoms with Crippen LogP contribution in [-0.4, -0.2) is 12.8 Å². The standard InChI is InChI=1S/C9H12ClNO/c1-2-9(10)5-3-4-8(6-11)7-12/h2-5,7-8H,1,6,11H2.